The molecule has 2 aromatic heterocycles. The number of piperidine rings is 1. The van der Waals surface area contributed by atoms with Crippen LogP contribution in [0.5, 0.6) is 0 Å². The summed E-state index contributed by atoms with van der Waals surface area (Å²) in [6.07, 6.45) is 2.16. The highest BCUT2D eigenvalue weighted by molar-refractivity contribution is 7.99. The third-order valence-corrected chi connectivity index (χ3v) is 7.37. The number of anilines is 1. The van der Waals surface area contributed by atoms with Gasteiger partial charge in [0.05, 0.1) is 10.3 Å². The summed E-state index contributed by atoms with van der Waals surface area (Å²) in [5.74, 6) is -0.212. The van der Waals surface area contributed by atoms with Crippen LogP contribution in [0.4, 0.5) is 5.69 Å². The lowest BCUT2D eigenvalue weighted by Crippen LogP contribution is -2.31. The van der Waals surface area contributed by atoms with E-state index in [4.69, 9.17) is 0 Å². The summed E-state index contributed by atoms with van der Waals surface area (Å²) >= 11 is 2.91. The normalized spacial score (nSPS) is 15.8. The molecule has 3 aromatic rings. The number of carbonyl (C=O) groups excluding carboxylic acids is 1. The van der Waals surface area contributed by atoms with Crippen LogP contribution in [0.1, 0.15) is 28.1 Å². The number of H-pyrrole nitrogens is 1. The van der Waals surface area contributed by atoms with Crippen LogP contribution in [0.15, 0.2) is 40.3 Å². The Bertz CT molecular complexity index is 1050. The average Bonchev–Trinajstić information content (AvgIpc) is 3.01. The molecule has 3 heterocycles. The molecule has 0 saturated carbocycles. The van der Waals surface area contributed by atoms with Gasteiger partial charge in [-0.3, -0.25) is 9.59 Å². The first-order valence-corrected chi connectivity index (χ1v) is 11.0. The molecule has 0 radical (unpaired) electrons. The Kier molecular flexibility index (Phi) is 5.52. The first-order valence-electron chi connectivity index (χ1n) is 9.26. The van der Waals surface area contributed by atoms with Gasteiger partial charge in [0.15, 0.2) is 5.16 Å². The highest BCUT2D eigenvalue weighted by atomic mass is 32.2. The molecule has 1 aliphatic heterocycles. The predicted molar refractivity (Wildman–Crippen MR) is 116 cm³/mol. The molecule has 146 valence electrons. The molecule has 1 fully saturated rings. The molecule has 0 bridgehead atoms. The Morgan fingerprint density at radius 2 is 2.00 bits per heavy atom. The molecule has 1 saturated heterocycles. The quantitative estimate of drug-likeness (QED) is 0.636. The SMILES string of the molecule is Cc1c(C(=O)Nc2ccccc2)sc2nc(SC3CCN(C)CC3)[nH]c(=O)c12. The van der Waals surface area contributed by atoms with E-state index in [1.165, 1.54) is 11.3 Å². The number of thiophene rings is 1. The number of nitrogens with one attached hydrogen (secondary N) is 2. The highest BCUT2D eigenvalue weighted by Gasteiger charge is 2.22. The van der Waals surface area contributed by atoms with Gasteiger partial charge in [0.1, 0.15) is 4.83 Å². The Hall–Kier alpha value is -2.16. The van der Waals surface area contributed by atoms with Gasteiger partial charge >= 0.3 is 0 Å². The van der Waals surface area contributed by atoms with Gasteiger partial charge in [-0.15, -0.1) is 11.3 Å². The van der Waals surface area contributed by atoms with Gasteiger partial charge in [-0.1, -0.05) is 30.0 Å². The van der Waals surface area contributed by atoms with Crippen molar-refractivity contribution in [1.82, 2.24) is 14.9 Å². The third-order valence-electron chi connectivity index (χ3n) is 4.96. The fourth-order valence-corrected chi connectivity index (χ4v) is 5.56. The molecule has 0 spiro atoms. The molecule has 2 N–H and O–H groups in total. The summed E-state index contributed by atoms with van der Waals surface area (Å²) in [5, 5.41) is 4.49. The number of fused-ring (bicyclic) bond motifs is 1. The molecule has 6 nitrogen and oxygen atoms in total. The molecule has 1 amide bonds. The van der Waals surface area contributed by atoms with Crippen molar-refractivity contribution in [2.75, 3.05) is 25.5 Å². The highest BCUT2D eigenvalue weighted by Crippen LogP contribution is 2.31. The van der Waals surface area contributed by atoms with E-state index in [-0.39, 0.29) is 11.5 Å². The second-order valence-electron chi connectivity index (χ2n) is 7.05. The van der Waals surface area contributed by atoms with Gasteiger partial charge in [0.25, 0.3) is 11.5 Å². The first-order chi connectivity index (χ1) is 13.5. The van der Waals surface area contributed by atoms with Crippen LogP contribution in [-0.2, 0) is 0 Å². The molecule has 8 heteroatoms. The van der Waals surface area contributed by atoms with Crippen molar-refractivity contribution in [2.45, 2.75) is 30.2 Å². The monoisotopic (exact) mass is 414 g/mol. The van der Waals surface area contributed by atoms with E-state index in [9.17, 15) is 9.59 Å². The average molecular weight is 415 g/mol. The number of rotatable bonds is 4. The smallest absolute Gasteiger partial charge is 0.266 e. The molecular formula is C20H22N4O2S2. The van der Waals surface area contributed by atoms with E-state index < -0.39 is 0 Å². The van der Waals surface area contributed by atoms with Crippen LogP contribution in [0, 0.1) is 6.92 Å². The predicted octanol–water partition coefficient (Wildman–Crippen LogP) is 3.73. The van der Waals surface area contributed by atoms with Gasteiger partial charge in [-0.2, -0.15) is 0 Å². The van der Waals surface area contributed by atoms with E-state index >= 15 is 0 Å². The first kappa shape index (κ1) is 19.2. The number of hydrogen-bond acceptors (Lipinski definition) is 6. The summed E-state index contributed by atoms with van der Waals surface area (Å²) in [5.41, 5.74) is 1.23. The number of thioether (sulfide) groups is 1. The van der Waals surface area contributed by atoms with Crippen molar-refractivity contribution in [2.24, 2.45) is 0 Å². The van der Waals surface area contributed by atoms with E-state index in [2.05, 4.69) is 27.2 Å². The summed E-state index contributed by atoms with van der Waals surface area (Å²) in [6.45, 7) is 3.93. The molecule has 28 heavy (non-hydrogen) atoms. The minimum Gasteiger partial charge on any atom is -0.321 e. The van der Waals surface area contributed by atoms with Crippen molar-refractivity contribution in [3.05, 3.63) is 51.1 Å². The number of benzene rings is 1. The lowest BCUT2D eigenvalue weighted by Gasteiger charge is -2.27. The maximum absolute atomic E-state index is 12.7. The number of nitrogens with zero attached hydrogens (tertiary/aromatic N) is 2. The van der Waals surface area contributed by atoms with Crippen molar-refractivity contribution < 1.29 is 4.79 Å². The van der Waals surface area contributed by atoms with Gasteiger partial charge in [0.2, 0.25) is 0 Å². The molecule has 0 atom stereocenters. The van der Waals surface area contributed by atoms with Crippen LogP contribution in [-0.4, -0.2) is 46.2 Å². The lowest BCUT2D eigenvalue weighted by molar-refractivity contribution is 0.103. The minimum atomic E-state index is -0.212. The van der Waals surface area contributed by atoms with E-state index in [0.29, 0.717) is 31.1 Å². The number of likely N-dealkylation sites (tertiary alicyclic amines) is 1. The van der Waals surface area contributed by atoms with Crippen molar-refractivity contribution in [3.63, 3.8) is 0 Å². The van der Waals surface area contributed by atoms with Crippen LogP contribution >= 0.6 is 23.1 Å². The number of amides is 1. The molecule has 0 unspecified atom stereocenters. The molecule has 4 rings (SSSR count). The van der Waals surface area contributed by atoms with Crippen LogP contribution in [0.3, 0.4) is 0 Å². The van der Waals surface area contributed by atoms with Gasteiger partial charge in [0, 0.05) is 10.9 Å². The van der Waals surface area contributed by atoms with Crippen LogP contribution < -0.4 is 10.9 Å². The van der Waals surface area contributed by atoms with Gasteiger partial charge in [-0.05, 0) is 57.6 Å². The largest absolute Gasteiger partial charge is 0.321 e. The van der Waals surface area contributed by atoms with E-state index in [1.54, 1.807) is 18.7 Å². The zero-order valence-corrected chi connectivity index (χ0v) is 17.5. The van der Waals surface area contributed by atoms with Crippen LogP contribution in [0.25, 0.3) is 10.2 Å². The summed E-state index contributed by atoms with van der Waals surface area (Å²) in [6, 6.07) is 9.30. The molecule has 0 aliphatic carbocycles. The van der Waals surface area contributed by atoms with Crippen molar-refractivity contribution in [1.29, 1.82) is 0 Å². The zero-order valence-electron chi connectivity index (χ0n) is 15.8. The molecular weight excluding hydrogens is 392 g/mol. The van der Waals surface area contributed by atoms with Crippen molar-refractivity contribution in [3.8, 4) is 0 Å². The zero-order chi connectivity index (χ0) is 19.7. The number of aryl methyl sites for hydroxylation is 1. The second-order valence-corrected chi connectivity index (χ2v) is 9.34. The Balaban J connectivity index is 1.60. The lowest BCUT2D eigenvalue weighted by atomic mass is 10.1. The number of para-hydroxylation sites is 1. The van der Waals surface area contributed by atoms with Gasteiger partial charge < -0.3 is 15.2 Å². The summed E-state index contributed by atoms with van der Waals surface area (Å²) < 4.78 is 0. The fraction of sp³-hybridized carbons (Fsp3) is 0.350. The van der Waals surface area contributed by atoms with E-state index in [1.807, 2.05) is 30.3 Å². The fourth-order valence-electron chi connectivity index (χ4n) is 3.37. The number of carbonyl (C=O) groups is 1. The van der Waals surface area contributed by atoms with Gasteiger partial charge in [-0.25, -0.2) is 4.98 Å². The number of hydrogen-bond donors (Lipinski definition) is 2. The Morgan fingerprint density at radius 1 is 1.29 bits per heavy atom. The topological polar surface area (TPSA) is 78.1 Å². The summed E-state index contributed by atoms with van der Waals surface area (Å²) in [4.78, 5) is 36.4. The summed E-state index contributed by atoms with van der Waals surface area (Å²) in [7, 11) is 2.13. The minimum absolute atomic E-state index is 0.173. The number of aromatic amines is 1. The molecule has 1 aromatic carbocycles. The van der Waals surface area contributed by atoms with Crippen molar-refractivity contribution >= 4 is 44.9 Å². The number of aromatic nitrogens is 2. The maximum atomic E-state index is 12.7. The standard InChI is InChI=1S/C20H22N4O2S2/c1-12-15-17(25)22-20(27-14-8-10-24(2)11-9-14)23-19(15)28-16(12)18(26)21-13-6-4-3-5-7-13/h3-7,14H,8-11H2,1-2H3,(H,21,26)(H,22,23,25). The molecule has 1 aliphatic rings. The maximum Gasteiger partial charge on any atom is 0.266 e. The van der Waals surface area contributed by atoms with Crippen LogP contribution in [0.2, 0.25) is 0 Å². The third kappa shape index (κ3) is 3.99. The second kappa shape index (κ2) is 8.06. The van der Waals surface area contributed by atoms with E-state index in [0.717, 1.165) is 31.6 Å². The Morgan fingerprint density at radius 3 is 2.71 bits per heavy atom. The Labute approximate surface area is 171 Å².